The Morgan fingerprint density at radius 2 is 2.00 bits per heavy atom. The lowest BCUT2D eigenvalue weighted by Crippen LogP contribution is -2.42. The molecule has 0 amide bonds. The van der Waals surface area contributed by atoms with Crippen LogP contribution in [0.4, 0.5) is 0 Å². The molecule has 2 rings (SSSR count). The Morgan fingerprint density at radius 1 is 1.20 bits per heavy atom. The Kier molecular flexibility index (Phi) is 6.06. The topological polar surface area (TPSA) is 21.3 Å². The number of benzene rings is 1. The van der Waals surface area contributed by atoms with Gasteiger partial charge >= 0.3 is 0 Å². The SMILES string of the molecule is CCCC(OC)C(Cc1ccc2c(c1)CCC2)NCC. The zero-order valence-electron chi connectivity index (χ0n) is 13.2. The van der Waals surface area contributed by atoms with Crippen molar-refractivity contribution in [2.75, 3.05) is 13.7 Å². The van der Waals surface area contributed by atoms with Crippen molar-refractivity contribution in [2.24, 2.45) is 0 Å². The first-order valence-electron chi connectivity index (χ1n) is 8.15. The number of hydrogen-bond acceptors (Lipinski definition) is 2. The summed E-state index contributed by atoms with van der Waals surface area (Å²) in [4.78, 5) is 0. The number of methoxy groups -OCH3 is 1. The minimum absolute atomic E-state index is 0.313. The number of aryl methyl sites for hydroxylation is 2. The van der Waals surface area contributed by atoms with Gasteiger partial charge in [0.05, 0.1) is 6.10 Å². The maximum absolute atomic E-state index is 5.71. The minimum Gasteiger partial charge on any atom is -0.380 e. The highest BCUT2D eigenvalue weighted by Crippen LogP contribution is 2.24. The number of ether oxygens (including phenoxy) is 1. The van der Waals surface area contributed by atoms with Crippen LogP contribution >= 0.6 is 0 Å². The molecule has 0 aromatic heterocycles. The summed E-state index contributed by atoms with van der Waals surface area (Å²) in [6.07, 6.45) is 7.53. The maximum atomic E-state index is 5.71. The Morgan fingerprint density at radius 3 is 2.70 bits per heavy atom. The van der Waals surface area contributed by atoms with Crippen LogP contribution in [0.5, 0.6) is 0 Å². The quantitative estimate of drug-likeness (QED) is 0.784. The molecule has 112 valence electrons. The Bertz CT molecular complexity index is 416. The smallest absolute Gasteiger partial charge is 0.0727 e. The van der Waals surface area contributed by atoms with Crippen molar-refractivity contribution in [2.45, 2.75) is 64.5 Å². The molecule has 0 fully saturated rings. The molecule has 0 saturated carbocycles. The summed E-state index contributed by atoms with van der Waals surface area (Å²) in [6, 6.07) is 7.49. The van der Waals surface area contributed by atoms with Gasteiger partial charge in [0, 0.05) is 13.2 Å². The largest absolute Gasteiger partial charge is 0.380 e. The summed E-state index contributed by atoms with van der Waals surface area (Å²) >= 11 is 0. The Balaban J connectivity index is 2.06. The molecule has 0 aliphatic heterocycles. The van der Waals surface area contributed by atoms with E-state index in [1.165, 1.54) is 31.2 Å². The van der Waals surface area contributed by atoms with Gasteiger partial charge in [-0.1, -0.05) is 38.5 Å². The summed E-state index contributed by atoms with van der Waals surface area (Å²) in [6.45, 7) is 5.40. The van der Waals surface area contributed by atoms with E-state index in [4.69, 9.17) is 4.74 Å². The average molecular weight is 275 g/mol. The number of rotatable bonds is 8. The minimum atomic E-state index is 0.313. The zero-order valence-corrected chi connectivity index (χ0v) is 13.2. The first-order chi connectivity index (χ1) is 9.78. The molecule has 1 aromatic rings. The highest BCUT2D eigenvalue weighted by Gasteiger charge is 2.21. The Labute approximate surface area is 123 Å². The number of fused-ring (bicyclic) bond motifs is 1. The molecule has 0 heterocycles. The van der Waals surface area contributed by atoms with Crippen LogP contribution in [0.15, 0.2) is 18.2 Å². The fourth-order valence-electron chi connectivity index (χ4n) is 3.37. The van der Waals surface area contributed by atoms with Gasteiger partial charge in [-0.3, -0.25) is 0 Å². The van der Waals surface area contributed by atoms with Crippen molar-refractivity contribution in [1.82, 2.24) is 5.32 Å². The molecule has 20 heavy (non-hydrogen) atoms. The molecule has 1 aromatic carbocycles. The molecule has 1 N–H and O–H groups in total. The maximum Gasteiger partial charge on any atom is 0.0727 e. The van der Waals surface area contributed by atoms with Crippen molar-refractivity contribution in [1.29, 1.82) is 0 Å². The molecule has 1 aliphatic rings. The van der Waals surface area contributed by atoms with E-state index in [2.05, 4.69) is 37.4 Å². The molecule has 2 heteroatoms. The molecule has 2 atom stereocenters. The first-order valence-corrected chi connectivity index (χ1v) is 8.15. The first kappa shape index (κ1) is 15.5. The predicted molar refractivity (Wildman–Crippen MR) is 85.3 cm³/mol. The van der Waals surface area contributed by atoms with E-state index in [-0.39, 0.29) is 0 Å². The highest BCUT2D eigenvalue weighted by molar-refractivity contribution is 5.35. The molecular weight excluding hydrogens is 246 g/mol. The van der Waals surface area contributed by atoms with Crippen molar-refractivity contribution >= 4 is 0 Å². The van der Waals surface area contributed by atoms with E-state index in [1.807, 2.05) is 7.11 Å². The molecule has 2 nitrogen and oxygen atoms in total. The van der Waals surface area contributed by atoms with Crippen molar-refractivity contribution in [3.63, 3.8) is 0 Å². The second-order valence-corrected chi connectivity index (χ2v) is 5.89. The van der Waals surface area contributed by atoms with Gasteiger partial charge in [-0.2, -0.15) is 0 Å². The molecule has 0 spiro atoms. The molecule has 0 bridgehead atoms. The third-order valence-corrected chi connectivity index (χ3v) is 4.41. The molecular formula is C18H29NO. The molecule has 0 saturated heterocycles. The molecule has 0 radical (unpaired) electrons. The van der Waals surface area contributed by atoms with Gasteiger partial charge in [0.15, 0.2) is 0 Å². The predicted octanol–water partition coefficient (Wildman–Crippen LogP) is 3.51. The number of hydrogen-bond donors (Lipinski definition) is 1. The second-order valence-electron chi connectivity index (χ2n) is 5.89. The van der Waals surface area contributed by atoms with Crippen molar-refractivity contribution < 1.29 is 4.74 Å². The van der Waals surface area contributed by atoms with Gasteiger partial charge in [-0.05, 0) is 55.3 Å². The molecule has 1 aliphatic carbocycles. The van der Waals surface area contributed by atoms with Gasteiger partial charge < -0.3 is 10.1 Å². The van der Waals surface area contributed by atoms with E-state index in [1.54, 1.807) is 11.1 Å². The van der Waals surface area contributed by atoms with Crippen LogP contribution in [0.1, 0.15) is 49.8 Å². The summed E-state index contributed by atoms with van der Waals surface area (Å²) in [5, 5.41) is 3.61. The highest BCUT2D eigenvalue weighted by atomic mass is 16.5. The second kappa shape index (κ2) is 7.80. The fraction of sp³-hybridized carbons (Fsp3) is 0.667. The number of nitrogens with one attached hydrogen (secondary N) is 1. The summed E-state index contributed by atoms with van der Waals surface area (Å²) in [5.41, 5.74) is 4.59. The lowest BCUT2D eigenvalue weighted by Gasteiger charge is -2.27. The third kappa shape index (κ3) is 3.83. The van der Waals surface area contributed by atoms with Gasteiger partial charge in [-0.15, -0.1) is 0 Å². The van der Waals surface area contributed by atoms with Gasteiger partial charge in [0.2, 0.25) is 0 Å². The lowest BCUT2D eigenvalue weighted by atomic mass is 9.96. The van der Waals surface area contributed by atoms with Gasteiger partial charge in [0.1, 0.15) is 0 Å². The summed E-state index contributed by atoms with van der Waals surface area (Å²) in [5.74, 6) is 0. The average Bonchev–Trinajstić information content (AvgIpc) is 2.92. The van der Waals surface area contributed by atoms with E-state index in [0.29, 0.717) is 12.1 Å². The van der Waals surface area contributed by atoms with Gasteiger partial charge in [-0.25, -0.2) is 0 Å². The van der Waals surface area contributed by atoms with Crippen LogP contribution in [0, 0.1) is 0 Å². The standard InChI is InChI=1S/C18H29NO/c1-4-7-18(20-3)17(19-5-2)13-14-10-11-15-8-6-9-16(15)12-14/h10-12,17-19H,4-9,13H2,1-3H3. The van der Waals surface area contributed by atoms with E-state index in [0.717, 1.165) is 19.4 Å². The normalized spacial score (nSPS) is 16.9. The van der Waals surface area contributed by atoms with E-state index in [9.17, 15) is 0 Å². The summed E-state index contributed by atoms with van der Waals surface area (Å²) < 4.78 is 5.71. The summed E-state index contributed by atoms with van der Waals surface area (Å²) in [7, 11) is 1.84. The third-order valence-electron chi connectivity index (χ3n) is 4.41. The molecule has 2 unspecified atom stereocenters. The van der Waals surface area contributed by atoms with Crippen LogP contribution < -0.4 is 5.32 Å². The van der Waals surface area contributed by atoms with E-state index < -0.39 is 0 Å². The van der Waals surface area contributed by atoms with Crippen LogP contribution in [-0.2, 0) is 24.0 Å². The van der Waals surface area contributed by atoms with Crippen LogP contribution in [0.3, 0.4) is 0 Å². The fourth-order valence-corrected chi connectivity index (χ4v) is 3.37. The monoisotopic (exact) mass is 275 g/mol. The zero-order chi connectivity index (χ0) is 14.4. The Hall–Kier alpha value is -0.860. The van der Waals surface area contributed by atoms with Crippen LogP contribution in [0.2, 0.25) is 0 Å². The van der Waals surface area contributed by atoms with Crippen molar-refractivity contribution in [3.8, 4) is 0 Å². The van der Waals surface area contributed by atoms with Crippen LogP contribution in [-0.4, -0.2) is 25.8 Å². The number of likely N-dealkylation sites (N-methyl/N-ethyl adjacent to an activating group) is 1. The lowest BCUT2D eigenvalue weighted by molar-refractivity contribution is 0.0614. The van der Waals surface area contributed by atoms with Crippen molar-refractivity contribution in [3.05, 3.63) is 34.9 Å². The van der Waals surface area contributed by atoms with Crippen LogP contribution in [0.25, 0.3) is 0 Å². The van der Waals surface area contributed by atoms with Gasteiger partial charge in [0.25, 0.3) is 0 Å². The van der Waals surface area contributed by atoms with E-state index >= 15 is 0 Å².